The van der Waals surface area contributed by atoms with Crippen LogP contribution in [0.25, 0.3) is 10.6 Å². The topological polar surface area (TPSA) is 41.9 Å². The average Bonchev–Trinajstić information content (AvgIpc) is 3.15. The second-order valence-corrected chi connectivity index (χ2v) is 7.09. The predicted octanol–water partition coefficient (Wildman–Crippen LogP) is 5.69. The number of hydrogen-bond acceptors (Lipinski definition) is 5. The summed E-state index contributed by atoms with van der Waals surface area (Å²) >= 11 is 1.57. The number of pyridine rings is 1. The van der Waals surface area contributed by atoms with Crippen molar-refractivity contribution < 1.29 is 0 Å². The SMILES string of the molecule is Cc1ccc(N(c2ccc(C)cc2)c2nnc(-c3ccncc3)s2)cc1. The van der Waals surface area contributed by atoms with Crippen LogP contribution in [0.1, 0.15) is 11.1 Å². The van der Waals surface area contributed by atoms with Gasteiger partial charge in [-0.1, -0.05) is 46.7 Å². The predicted molar refractivity (Wildman–Crippen MR) is 107 cm³/mol. The third-order valence-electron chi connectivity index (χ3n) is 4.12. The molecule has 2 heterocycles. The fourth-order valence-corrected chi connectivity index (χ4v) is 3.57. The third-order valence-corrected chi connectivity index (χ3v) is 5.07. The fourth-order valence-electron chi connectivity index (χ4n) is 2.67. The van der Waals surface area contributed by atoms with Crippen LogP contribution in [0.2, 0.25) is 0 Å². The first-order chi connectivity index (χ1) is 12.7. The van der Waals surface area contributed by atoms with E-state index in [1.54, 1.807) is 23.7 Å². The summed E-state index contributed by atoms with van der Waals surface area (Å²) in [6.07, 6.45) is 3.54. The van der Waals surface area contributed by atoms with Gasteiger partial charge in [-0.3, -0.25) is 9.88 Å². The first kappa shape index (κ1) is 16.4. The van der Waals surface area contributed by atoms with Crippen molar-refractivity contribution in [1.82, 2.24) is 15.2 Å². The van der Waals surface area contributed by atoms with E-state index in [2.05, 4.69) is 82.5 Å². The number of anilines is 3. The highest BCUT2D eigenvalue weighted by Gasteiger charge is 2.17. The number of nitrogens with zero attached hydrogens (tertiary/aromatic N) is 4. The Morgan fingerprint density at radius 2 is 1.23 bits per heavy atom. The summed E-state index contributed by atoms with van der Waals surface area (Å²) in [6, 6.07) is 20.8. The van der Waals surface area contributed by atoms with Crippen molar-refractivity contribution in [2.45, 2.75) is 13.8 Å². The quantitative estimate of drug-likeness (QED) is 0.470. The largest absolute Gasteiger partial charge is 0.285 e. The van der Waals surface area contributed by atoms with E-state index in [-0.39, 0.29) is 0 Å². The molecule has 2 aromatic carbocycles. The lowest BCUT2D eigenvalue weighted by atomic mass is 10.2. The zero-order valence-corrected chi connectivity index (χ0v) is 15.4. The normalized spacial score (nSPS) is 10.7. The van der Waals surface area contributed by atoms with E-state index < -0.39 is 0 Å². The van der Waals surface area contributed by atoms with Crippen molar-refractivity contribution in [1.29, 1.82) is 0 Å². The Morgan fingerprint density at radius 3 is 1.77 bits per heavy atom. The summed E-state index contributed by atoms with van der Waals surface area (Å²) in [6.45, 7) is 4.18. The van der Waals surface area contributed by atoms with Gasteiger partial charge in [0.2, 0.25) is 5.13 Å². The van der Waals surface area contributed by atoms with E-state index in [0.717, 1.165) is 27.1 Å². The molecule has 4 nitrogen and oxygen atoms in total. The van der Waals surface area contributed by atoms with Crippen LogP contribution in [0.5, 0.6) is 0 Å². The Morgan fingerprint density at radius 1 is 0.692 bits per heavy atom. The minimum atomic E-state index is 0.838. The first-order valence-corrected chi connectivity index (χ1v) is 9.20. The highest BCUT2D eigenvalue weighted by molar-refractivity contribution is 7.18. The maximum Gasteiger partial charge on any atom is 0.217 e. The Hall–Kier alpha value is -3.05. The van der Waals surface area contributed by atoms with Crippen molar-refractivity contribution in [3.63, 3.8) is 0 Å². The molecule has 0 saturated heterocycles. The highest BCUT2D eigenvalue weighted by atomic mass is 32.1. The van der Waals surface area contributed by atoms with E-state index in [1.165, 1.54) is 11.1 Å². The standard InChI is InChI=1S/C21H18N4S/c1-15-3-7-18(8-4-15)25(19-9-5-16(2)6-10-19)21-24-23-20(26-21)17-11-13-22-14-12-17/h3-14H,1-2H3. The molecule has 2 aromatic heterocycles. The van der Waals surface area contributed by atoms with Gasteiger partial charge in [0.1, 0.15) is 5.01 Å². The van der Waals surface area contributed by atoms with Crippen molar-refractivity contribution in [3.8, 4) is 10.6 Å². The molecule has 26 heavy (non-hydrogen) atoms. The van der Waals surface area contributed by atoms with Crippen LogP contribution in [0, 0.1) is 13.8 Å². The van der Waals surface area contributed by atoms with Crippen molar-refractivity contribution >= 4 is 27.8 Å². The fraction of sp³-hybridized carbons (Fsp3) is 0.0952. The van der Waals surface area contributed by atoms with E-state index in [0.29, 0.717) is 0 Å². The molecule has 0 aliphatic heterocycles. The molecular formula is C21H18N4S. The summed E-state index contributed by atoms with van der Waals surface area (Å²) in [5, 5.41) is 10.6. The zero-order valence-electron chi connectivity index (χ0n) is 14.6. The molecule has 0 radical (unpaired) electrons. The van der Waals surface area contributed by atoms with Gasteiger partial charge < -0.3 is 0 Å². The lowest BCUT2D eigenvalue weighted by Gasteiger charge is -2.22. The van der Waals surface area contributed by atoms with Crippen molar-refractivity contribution in [2.75, 3.05) is 4.90 Å². The Kier molecular flexibility index (Phi) is 4.46. The second kappa shape index (κ2) is 7.06. The van der Waals surface area contributed by atoms with E-state index in [4.69, 9.17) is 0 Å². The van der Waals surface area contributed by atoms with Crippen LogP contribution in [-0.2, 0) is 0 Å². The molecular weight excluding hydrogens is 340 g/mol. The number of aryl methyl sites for hydroxylation is 2. The van der Waals surface area contributed by atoms with Crippen molar-refractivity contribution in [2.24, 2.45) is 0 Å². The molecule has 4 aromatic rings. The van der Waals surface area contributed by atoms with Crippen LogP contribution < -0.4 is 4.90 Å². The molecule has 0 unspecified atom stereocenters. The molecule has 5 heteroatoms. The molecule has 0 aliphatic carbocycles. The van der Waals surface area contributed by atoms with Crippen LogP contribution in [0.15, 0.2) is 73.1 Å². The van der Waals surface area contributed by atoms with Gasteiger partial charge in [-0.15, -0.1) is 10.2 Å². The smallest absolute Gasteiger partial charge is 0.217 e. The zero-order chi connectivity index (χ0) is 17.9. The number of aromatic nitrogens is 3. The van der Waals surface area contributed by atoms with Gasteiger partial charge in [0.15, 0.2) is 0 Å². The van der Waals surface area contributed by atoms with Gasteiger partial charge in [-0.2, -0.15) is 0 Å². The van der Waals surface area contributed by atoms with Crippen molar-refractivity contribution in [3.05, 3.63) is 84.2 Å². The number of hydrogen-bond donors (Lipinski definition) is 0. The van der Waals surface area contributed by atoms with Crippen LogP contribution in [0.3, 0.4) is 0 Å². The number of benzene rings is 2. The number of rotatable bonds is 4. The van der Waals surface area contributed by atoms with Crippen LogP contribution >= 0.6 is 11.3 Å². The molecule has 0 spiro atoms. The molecule has 0 aliphatic rings. The molecule has 0 fully saturated rings. The molecule has 0 saturated carbocycles. The summed E-state index contributed by atoms with van der Waals surface area (Å²) in [5.74, 6) is 0. The summed E-state index contributed by atoms with van der Waals surface area (Å²) < 4.78 is 0. The molecule has 4 rings (SSSR count). The van der Waals surface area contributed by atoms with Gasteiger partial charge >= 0.3 is 0 Å². The Balaban J connectivity index is 1.79. The first-order valence-electron chi connectivity index (χ1n) is 8.38. The van der Waals surface area contributed by atoms with Gasteiger partial charge in [0.25, 0.3) is 0 Å². The van der Waals surface area contributed by atoms with Gasteiger partial charge in [-0.25, -0.2) is 0 Å². The van der Waals surface area contributed by atoms with Gasteiger partial charge in [0, 0.05) is 29.3 Å². The second-order valence-electron chi connectivity index (χ2n) is 6.13. The lowest BCUT2D eigenvalue weighted by molar-refractivity contribution is 1.06. The Labute approximate surface area is 156 Å². The van der Waals surface area contributed by atoms with Gasteiger partial charge in [0.05, 0.1) is 0 Å². The third kappa shape index (κ3) is 3.34. The molecule has 0 N–H and O–H groups in total. The van der Waals surface area contributed by atoms with E-state index in [1.807, 2.05) is 12.1 Å². The summed E-state index contributed by atoms with van der Waals surface area (Å²) in [7, 11) is 0. The minimum Gasteiger partial charge on any atom is -0.285 e. The maximum absolute atomic E-state index is 4.46. The van der Waals surface area contributed by atoms with E-state index >= 15 is 0 Å². The molecule has 0 atom stereocenters. The Bertz CT molecular complexity index is 947. The molecule has 128 valence electrons. The minimum absolute atomic E-state index is 0.838. The van der Waals surface area contributed by atoms with Gasteiger partial charge in [-0.05, 0) is 50.2 Å². The molecule has 0 bridgehead atoms. The summed E-state index contributed by atoms with van der Waals surface area (Å²) in [5.41, 5.74) is 5.62. The molecule has 0 amide bonds. The van der Waals surface area contributed by atoms with Crippen LogP contribution in [0.4, 0.5) is 16.5 Å². The monoisotopic (exact) mass is 358 g/mol. The highest BCUT2D eigenvalue weighted by Crippen LogP contribution is 2.38. The lowest BCUT2D eigenvalue weighted by Crippen LogP contribution is -2.09. The van der Waals surface area contributed by atoms with E-state index in [9.17, 15) is 0 Å². The maximum atomic E-state index is 4.46. The average molecular weight is 358 g/mol. The van der Waals surface area contributed by atoms with Crippen LogP contribution in [-0.4, -0.2) is 15.2 Å². The summed E-state index contributed by atoms with van der Waals surface area (Å²) in [4.78, 5) is 6.21.